The van der Waals surface area contributed by atoms with Gasteiger partial charge in [-0.2, -0.15) is 0 Å². The van der Waals surface area contributed by atoms with Crippen LogP contribution in [0.2, 0.25) is 5.02 Å². The molecule has 4 heteroatoms. The van der Waals surface area contributed by atoms with Gasteiger partial charge in [-0.15, -0.1) is 0 Å². The van der Waals surface area contributed by atoms with Crippen molar-refractivity contribution in [2.24, 2.45) is 5.41 Å². The molecule has 3 nitrogen and oxygen atoms in total. The van der Waals surface area contributed by atoms with E-state index >= 15 is 0 Å². The number of carbonyl (C=O) groups is 1. The van der Waals surface area contributed by atoms with Gasteiger partial charge in [0.05, 0.1) is 18.4 Å². The summed E-state index contributed by atoms with van der Waals surface area (Å²) in [5.41, 5.74) is 1.66. The Bertz CT molecular complexity index is 499. The van der Waals surface area contributed by atoms with Gasteiger partial charge in [-0.3, -0.25) is 0 Å². The zero-order valence-electron chi connectivity index (χ0n) is 12.3. The lowest BCUT2D eigenvalue weighted by atomic mass is 9.75. The third-order valence-corrected chi connectivity index (χ3v) is 4.19. The van der Waals surface area contributed by atoms with Crippen molar-refractivity contribution < 1.29 is 9.53 Å². The summed E-state index contributed by atoms with van der Waals surface area (Å²) in [6.07, 6.45) is 4.68. The van der Waals surface area contributed by atoms with E-state index in [9.17, 15) is 4.79 Å². The summed E-state index contributed by atoms with van der Waals surface area (Å²) < 4.78 is 4.82. The van der Waals surface area contributed by atoms with E-state index in [4.69, 9.17) is 16.3 Å². The summed E-state index contributed by atoms with van der Waals surface area (Å²) in [5.74, 6) is -0.334. The first-order chi connectivity index (χ1) is 9.41. The fraction of sp³-hybridized carbons (Fsp3) is 0.562. The molecule has 1 saturated carbocycles. The van der Waals surface area contributed by atoms with Crippen LogP contribution in [0.1, 0.15) is 49.9 Å². The maximum Gasteiger partial charge on any atom is 0.339 e. The predicted octanol–water partition coefficient (Wildman–Crippen LogP) is 4.51. The number of hydrogen-bond acceptors (Lipinski definition) is 3. The summed E-state index contributed by atoms with van der Waals surface area (Å²) in [6.45, 7) is 4.58. The van der Waals surface area contributed by atoms with Gasteiger partial charge in [0.25, 0.3) is 0 Å². The zero-order chi connectivity index (χ0) is 14.8. The van der Waals surface area contributed by atoms with E-state index in [0.717, 1.165) is 18.5 Å². The first kappa shape index (κ1) is 15.2. The van der Waals surface area contributed by atoms with Crippen LogP contribution >= 0.6 is 11.6 Å². The second-order valence-corrected chi connectivity index (χ2v) is 6.72. The molecule has 0 aliphatic heterocycles. The number of halogens is 1. The molecular weight excluding hydrogens is 274 g/mol. The molecule has 0 spiro atoms. The molecule has 1 atom stereocenters. The fourth-order valence-electron chi connectivity index (χ4n) is 2.97. The number of carbonyl (C=O) groups excluding carboxylic acids is 1. The Kier molecular flexibility index (Phi) is 4.59. The van der Waals surface area contributed by atoms with Gasteiger partial charge in [0.2, 0.25) is 0 Å². The van der Waals surface area contributed by atoms with Crippen LogP contribution < -0.4 is 5.32 Å². The van der Waals surface area contributed by atoms with E-state index in [1.165, 1.54) is 20.0 Å². The van der Waals surface area contributed by atoms with Crippen molar-refractivity contribution in [3.8, 4) is 0 Å². The van der Waals surface area contributed by atoms with Crippen LogP contribution in [0.15, 0.2) is 18.2 Å². The van der Waals surface area contributed by atoms with Crippen molar-refractivity contribution in [2.75, 3.05) is 12.4 Å². The Morgan fingerprint density at radius 2 is 2.20 bits per heavy atom. The number of nitrogens with one attached hydrogen (secondary N) is 1. The van der Waals surface area contributed by atoms with E-state index in [2.05, 4.69) is 19.2 Å². The van der Waals surface area contributed by atoms with Crippen LogP contribution in [0.4, 0.5) is 5.69 Å². The molecule has 1 aromatic carbocycles. The number of methoxy groups -OCH3 is 1. The van der Waals surface area contributed by atoms with E-state index in [1.54, 1.807) is 18.2 Å². The van der Waals surface area contributed by atoms with Gasteiger partial charge in [-0.05, 0) is 42.9 Å². The Balaban J connectivity index is 2.19. The zero-order valence-corrected chi connectivity index (χ0v) is 13.1. The van der Waals surface area contributed by atoms with Gasteiger partial charge in [-0.25, -0.2) is 4.79 Å². The average Bonchev–Trinajstić information content (AvgIpc) is 2.37. The first-order valence-corrected chi connectivity index (χ1v) is 7.43. The van der Waals surface area contributed by atoms with Gasteiger partial charge in [0.1, 0.15) is 0 Å². The van der Waals surface area contributed by atoms with Crippen molar-refractivity contribution in [3.63, 3.8) is 0 Å². The molecular formula is C16H22ClNO2. The monoisotopic (exact) mass is 295 g/mol. The van der Waals surface area contributed by atoms with E-state index in [0.29, 0.717) is 22.0 Å². The standard InChI is InChI=1S/C16H22ClNO2/c1-16(2)8-4-5-12(10-16)18-14-9-11(17)6-7-13(14)15(19)20-3/h6-7,9,12,18H,4-5,8,10H2,1-3H3. The minimum absolute atomic E-state index is 0.334. The van der Waals surface area contributed by atoms with Crippen LogP contribution in [0.5, 0.6) is 0 Å². The van der Waals surface area contributed by atoms with Crippen LogP contribution in [0.3, 0.4) is 0 Å². The van der Waals surface area contributed by atoms with Gasteiger partial charge in [-0.1, -0.05) is 31.9 Å². The largest absolute Gasteiger partial charge is 0.465 e. The molecule has 110 valence electrons. The first-order valence-electron chi connectivity index (χ1n) is 7.06. The third-order valence-electron chi connectivity index (χ3n) is 3.95. The van der Waals surface area contributed by atoms with Crippen molar-refractivity contribution >= 4 is 23.3 Å². The lowest BCUT2D eigenvalue weighted by molar-refractivity contribution is 0.0602. The predicted molar refractivity (Wildman–Crippen MR) is 82.5 cm³/mol. The topological polar surface area (TPSA) is 38.3 Å². The molecule has 0 heterocycles. The van der Waals surface area contributed by atoms with Crippen molar-refractivity contribution in [3.05, 3.63) is 28.8 Å². The highest BCUT2D eigenvalue weighted by Gasteiger charge is 2.28. The average molecular weight is 296 g/mol. The molecule has 1 aliphatic carbocycles. The molecule has 0 amide bonds. The Hall–Kier alpha value is -1.22. The number of ether oxygens (including phenoxy) is 1. The third kappa shape index (κ3) is 3.66. The summed E-state index contributed by atoms with van der Waals surface area (Å²) in [7, 11) is 1.39. The Morgan fingerprint density at radius 3 is 2.85 bits per heavy atom. The molecule has 0 aromatic heterocycles. The summed E-state index contributed by atoms with van der Waals surface area (Å²) in [4.78, 5) is 11.8. The summed E-state index contributed by atoms with van der Waals surface area (Å²) >= 11 is 6.05. The highest BCUT2D eigenvalue weighted by atomic mass is 35.5. The van der Waals surface area contributed by atoms with Gasteiger partial charge in [0.15, 0.2) is 0 Å². The maximum atomic E-state index is 11.8. The van der Waals surface area contributed by atoms with E-state index < -0.39 is 0 Å². The second-order valence-electron chi connectivity index (χ2n) is 6.28. The van der Waals surface area contributed by atoms with E-state index in [-0.39, 0.29) is 5.97 Å². The van der Waals surface area contributed by atoms with Crippen molar-refractivity contribution in [2.45, 2.75) is 45.6 Å². The number of esters is 1. The minimum atomic E-state index is -0.334. The minimum Gasteiger partial charge on any atom is -0.465 e. The van der Waals surface area contributed by atoms with Gasteiger partial charge < -0.3 is 10.1 Å². The van der Waals surface area contributed by atoms with Crippen LogP contribution in [-0.2, 0) is 4.74 Å². The maximum absolute atomic E-state index is 11.8. The molecule has 1 aliphatic rings. The number of rotatable bonds is 3. The second kappa shape index (κ2) is 6.04. The van der Waals surface area contributed by atoms with Crippen LogP contribution in [-0.4, -0.2) is 19.1 Å². The smallest absolute Gasteiger partial charge is 0.339 e. The lowest BCUT2D eigenvalue weighted by Gasteiger charge is -2.36. The summed E-state index contributed by atoms with van der Waals surface area (Å²) in [6, 6.07) is 5.60. The molecule has 1 unspecified atom stereocenters. The van der Waals surface area contributed by atoms with Crippen LogP contribution in [0, 0.1) is 5.41 Å². The molecule has 20 heavy (non-hydrogen) atoms. The molecule has 0 radical (unpaired) electrons. The highest BCUT2D eigenvalue weighted by Crippen LogP contribution is 2.37. The molecule has 0 bridgehead atoms. The fourth-order valence-corrected chi connectivity index (χ4v) is 3.14. The molecule has 1 N–H and O–H groups in total. The normalized spacial score (nSPS) is 21.3. The Labute approximate surface area is 125 Å². The van der Waals surface area contributed by atoms with Crippen LogP contribution in [0.25, 0.3) is 0 Å². The lowest BCUT2D eigenvalue weighted by Crippen LogP contribution is -2.32. The van der Waals surface area contributed by atoms with Gasteiger partial charge >= 0.3 is 5.97 Å². The quantitative estimate of drug-likeness (QED) is 0.834. The molecule has 1 fully saturated rings. The Morgan fingerprint density at radius 1 is 1.45 bits per heavy atom. The number of anilines is 1. The molecule has 0 saturated heterocycles. The summed E-state index contributed by atoms with van der Waals surface area (Å²) in [5, 5.41) is 4.10. The number of benzene rings is 1. The van der Waals surface area contributed by atoms with Gasteiger partial charge in [0, 0.05) is 11.1 Å². The molecule has 2 rings (SSSR count). The number of hydrogen-bond donors (Lipinski definition) is 1. The van der Waals surface area contributed by atoms with Crippen molar-refractivity contribution in [1.29, 1.82) is 0 Å². The molecule has 1 aromatic rings. The highest BCUT2D eigenvalue weighted by molar-refractivity contribution is 6.31. The van der Waals surface area contributed by atoms with Crippen molar-refractivity contribution in [1.82, 2.24) is 0 Å². The SMILES string of the molecule is COC(=O)c1ccc(Cl)cc1NC1CCCC(C)(C)C1. The van der Waals surface area contributed by atoms with E-state index in [1.807, 2.05) is 0 Å².